The maximum atomic E-state index is 3.58. The van der Waals surface area contributed by atoms with Gasteiger partial charge in [0.2, 0.25) is 0 Å². The fourth-order valence-electron chi connectivity index (χ4n) is 1.06. The quantitative estimate of drug-likeness (QED) is 0.498. The van der Waals surface area contributed by atoms with E-state index >= 15 is 0 Å². The monoisotopic (exact) mass is 175 g/mol. The lowest BCUT2D eigenvalue weighted by atomic mass is 9.91. The molecule has 0 aromatic heterocycles. The van der Waals surface area contributed by atoms with E-state index < -0.39 is 0 Å². The van der Waals surface area contributed by atoms with E-state index in [1.54, 1.807) is 0 Å². The fraction of sp³-hybridized carbons (Fsp3) is 0.857. The number of alkyl halides is 1. The van der Waals surface area contributed by atoms with Gasteiger partial charge in [0.05, 0.1) is 0 Å². The van der Waals surface area contributed by atoms with E-state index in [-0.39, 0.29) is 0 Å². The zero-order valence-corrected chi connectivity index (χ0v) is 6.82. The second-order valence-corrected chi connectivity index (χ2v) is 3.92. The summed E-state index contributed by atoms with van der Waals surface area (Å²) in [6, 6.07) is 0. The Balaban J connectivity index is 2.19. The van der Waals surface area contributed by atoms with Crippen molar-refractivity contribution in [1.82, 2.24) is 0 Å². The van der Waals surface area contributed by atoms with Crippen LogP contribution in [0.1, 0.15) is 26.2 Å². The topological polar surface area (TPSA) is 0 Å². The smallest absolute Gasteiger partial charge is 0.0148 e. The zero-order valence-electron chi connectivity index (χ0n) is 5.23. The Morgan fingerprint density at radius 3 is 2.62 bits per heavy atom. The first-order valence-corrected chi connectivity index (χ1v) is 4.18. The van der Waals surface area contributed by atoms with Crippen molar-refractivity contribution in [2.45, 2.75) is 31.0 Å². The molecule has 0 nitrogen and oxygen atoms in total. The van der Waals surface area contributed by atoms with Crippen molar-refractivity contribution in [2.75, 3.05) is 0 Å². The van der Waals surface area contributed by atoms with Crippen LogP contribution >= 0.6 is 15.9 Å². The van der Waals surface area contributed by atoms with Gasteiger partial charge in [-0.25, -0.2) is 0 Å². The standard InChI is InChI=1S/C7H12Br/c1-6-2-4-7(8)5-3-6/h2,6-7H,3-5H2,1H3. The normalized spacial score (nSPS) is 39.8. The van der Waals surface area contributed by atoms with Gasteiger partial charge in [-0.3, -0.25) is 0 Å². The number of hydrogen-bond acceptors (Lipinski definition) is 0. The lowest BCUT2D eigenvalue weighted by Crippen LogP contribution is -2.11. The van der Waals surface area contributed by atoms with Gasteiger partial charge in [-0.15, -0.1) is 0 Å². The summed E-state index contributed by atoms with van der Waals surface area (Å²) in [4.78, 5) is 0.777. The van der Waals surface area contributed by atoms with Crippen molar-refractivity contribution >= 4 is 15.9 Å². The zero-order chi connectivity index (χ0) is 5.98. The average molecular weight is 176 g/mol. The Hall–Kier alpha value is 0.480. The van der Waals surface area contributed by atoms with E-state index in [0.29, 0.717) is 0 Å². The van der Waals surface area contributed by atoms with Gasteiger partial charge < -0.3 is 0 Å². The molecule has 1 radical (unpaired) electrons. The Morgan fingerprint density at radius 1 is 1.50 bits per heavy atom. The molecular weight excluding hydrogens is 164 g/mol. The van der Waals surface area contributed by atoms with Crippen molar-refractivity contribution in [3.8, 4) is 0 Å². The van der Waals surface area contributed by atoms with E-state index in [4.69, 9.17) is 0 Å². The van der Waals surface area contributed by atoms with Crippen LogP contribution in [0.5, 0.6) is 0 Å². The first-order chi connectivity index (χ1) is 3.79. The van der Waals surface area contributed by atoms with Crippen LogP contribution in [0, 0.1) is 12.3 Å². The molecule has 1 rings (SSSR count). The molecule has 0 bridgehead atoms. The molecule has 0 N–H and O–H groups in total. The van der Waals surface area contributed by atoms with Crippen LogP contribution in [0.15, 0.2) is 0 Å². The summed E-state index contributed by atoms with van der Waals surface area (Å²) < 4.78 is 0. The Bertz CT molecular complexity index is 52.8. The third kappa shape index (κ3) is 1.77. The van der Waals surface area contributed by atoms with Crippen LogP contribution in [-0.2, 0) is 0 Å². The number of rotatable bonds is 0. The molecule has 47 valence electrons. The molecule has 0 amide bonds. The molecule has 0 heterocycles. The van der Waals surface area contributed by atoms with Gasteiger partial charge in [0, 0.05) is 4.83 Å². The molecule has 0 saturated heterocycles. The lowest BCUT2D eigenvalue weighted by Gasteiger charge is -2.20. The molecule has 0 spiro atoms. The molecule has 0 aromatic rings. The Kier molecular flexibility index (Phi) is 2.36. The van der Waals surface area contributed by atoms with Crippen molar-refractivity contribution in [1.29, 1.82) is 0 Å². The predicted molar refractivity (Wildman–Crippen MR) is 40.0 cm³/mol. The summed E-state index contributed by atoms with van der Waals surface area (Å²) in [5.74, 6) is 0.865. The van der Waals surface area contributed by atoms with Crippen LogP contribution in [-0.4, -0.2) is 4.83 Å². The summed E-state index contributed by atoms with van der Waals surface area (Å²) >= 11 is 3.58. The van der Waals surface area contributed by atoms with Crippen LogP contribution < -0.4 is 0 Å². The highest BCUT2D eigenvalue weighted by atomic mass is 79.9. The minimum atomic E-state index is 0.777. The third-order valence-electron chi connectivity index (χ3n) is 1.73. The summed E-state index contributed by atoms with van der Waals surface area (Å²) in [6.45, 7) is 2.29. The highest BCUT2D eigenvalue weighted by molar-refractivity contribution is 9.09. The van der Waals surface area contributed by atoms with E-state index in [1.807, 2.05) is 0 Å². The van der Waals surface area contributed by atoms with Gasteiger partial charge in [-0.05, 0) is 31.6 Å². The molecule has 2 atom stereocenters. The first-order valence-electron chi connectivity index (χ1n) is 3.26. The summed E-state index contributed by atoms with van der Waals surface area (Å²) in [6.07, 6.45) is 6.40. The predicted octanol–water partition coefficient (Wildman–Crippen LogP) is 2.77. The fourth-order valence-corrected chi connectivity index (χ4v) is 1.54. The lowest BCUT2D eigenvalue weighted by molar-refractivity contribution is 0.489. The van der Waals surface area contributed by atoms with Crippen molar-refractivity contribution in [3.63, 3.8) is 0 Å². The van der Waals surface area contributed by atoms with Crippen LogP contribution in [0.2, 0.25) is 0 Å². The molecule has 1 aliphatic carbocycles. The van der Waals surface area contributed by atoms with Crippen molar-refractivity contribution in [2.24, 2.45) is 5.92 Å². The second kappa shape index (κ2) is 2.86. The van der Waals surface area contributed by atoms with Crippen molar-refractivity contribution < 1.29 is 0 Å². The summed E-state index contributed by atoms with van der Waals surface area (Å²) in [5.41, 5.74) is 0. The minimum Gasteiger partial charge on any atom is -0.0891 e. The average Bonchev–Trinajstić information content (AvgIpc) is 1.77. The molecular formula is C7H12Br. The minimum absolute atomic E-state index is 0.777. The van der Waals surface area contributed by atoms with E-state index in [9.17, 15) is 0 Å². The highest BCUT2D eigenvalue weighted by Gasteiger charge is 2.14. The highest BCUT2D eigenvalue weighted by Crippen LogP contribution is 2.26. The van der Waals surface area contributed by atoms with Gasteiger partial charge in [-0.2, -0.15) is 0 Å². The maximum absolute atomic E-state index is 3.58. The molecule has 2 unspecified atom stereocenters. The molecule has 8 heavy (non-hydrogen) atoms. The van der Waals surface area contributed by atoms with Gasteiger partial charge >= 0.3 is 0 Å². The Labute approximate surface area is 59.8 Å². The summed E-state index contributed by atoms with van der Waals surface area (Å²) in [7, 11) is 0. The molecule has 0 aliphatic heterocycles. The largest absolute Gasteiger partial charge is 0.0891 e. The van der Waals surface area contributed by atoms with E-state index in [2.05, 4.69) is 29.3 Å². The second-order valence-electron chi connectivity index (χ2n) is 2.62. The Morgan fingerprint density at radius 2 is 2.25 bits per heavy atom. The first kappa shape index (κ1) is 6.60. The molecule has 1 fully saturated rings. The SMILES string of the molecule is CC1[CH]CC(Br)CC1. The van der Waals surface area contributed by atoms with Crippen LogP contribution in [0.3, 0.4) is 0 Å². The molecule has 1 heteroatoms. The van der Waals surface area contributed by atoms with Crippen LogP contribution in [0.4, 0.5) is 0 Å². The van der Waals surface area contributed by atoms with E-state index in [0.717, 1.165) is 10.7 Å². The maximum Gasteiger partial charge on any atom is 0.0148 e. The van der Waals surface area contributed by atoms with Crippen LogP contribution in [0.25, 0.3) is 0 Å². The molecule has 0 aromatic carbocycles. The summed E-state index contributed by atoms with van der Waals surface area (Å²) in [5, 5.41) is 0. The van der Waals surface area contributed by atoms with E-state index in [1.165, 1.54) is 19.3 Å². The van der Waals surface area contributed by atoms with Gasteiger partial charge in [0.1, 0.15) is 0 Å². The molecule has 1 saturated carbocycles. The van der Waals surface area contributed by atoms with Crippen molar-refractivity contribution in [3.05, 3.63) is 6.42 Å². The third-order valence-corrected chi connectivity index (χ3v) is 2.56. The number of hydrogen-bond donors (Lipinski definition) is 0. The number of halogens is 1. The van der Waals surface area contributed by atoms with Gasteiger partial charge in [0.15, 0.2) is 0 Å². The van der Waals surface area contributed by atoms with Gasteiger partial charge in [-0.1, -0.05) is 22.9 Å². The molecule has 1 aliphatic rings. The van der Waals surface area contributed by atoms with Gasteiger partial charge in [0.25, 0.3) is 0 Å².